The molecular weight excluding hydrogens is 423 g/mol. The number of hydrogen-bond acceptors (Lipinski definition) is 4. The summed E-state index contributed by atoms with van der Waals surface area (Å²) in [6.07, 6.45) is 2.40. The van der Waals surface area contributed by atoms with Gasteiger partial charge < -0.3 is 15.2 Å². The molecule has 7 nitrogen and oxygen atoms in total. The van der Waals surface area contributed by atoms with Crippen LogP contribution in [0.5, 0.6) is 5.75 Å². The summed E-state index contributed by atoms with van der Waals surface area (Å²) in [5, 5.41) is 13.3. The van der Waals surface area contributed by atoms with Crippen molar-refractivity contribution in [2.75, 3.05) is 24.0 Å². The number of nitrogens with zero attached hydrogens (tertiary/aromatic N) is 1. The molecule has 1 saturated heterocycles. The maximum atomic E-state index is 14.1. The van der Waals surface area contributed by atoms with E-state index in [1.54, 1.807) is 12.1 Å². The van der Waals surface area contributed by atoms with E-state index in [2.05, 4.69) is 5.32 Å². The van der Waals surface area contributed by atoms with Crippen LogP contribution in [0.4, 0.5) is 15.8 Å². The zero-order chi connectivity index (χ0) is 21.7. The van der Waals surface area contributed by atoms with E-state index in [4.69, 9.17) is 4.74 Å². The van der Waals surface area contributed by atoms with Gasteiger partial charge in [0.15, 0.2) is 0 Å². The quantitative estimate of drug-likeness (QED) is 0.588. The minimum absolute atomic E-state index is 0.0589. The minimum atomic E-state index is -2.57. The Kier molecular flexibility index (Phi) is 5.19. The maximum Gasteiger partial charge on any atom is 0.341 e. The minimum Gasteiger partial charge on any atom is -0.492 e. The average molecular weight is 447 g/mol. The number of hydrogen-bond donors (Lipinski definition) is 3. The molecule has 3 aliphatic rings. The molecule has 2 fully saturated rings. The monoisotopic (exact) mass is 446 g/mol. The second kappa shape index (κ2) is 7.89. The van der Waals surface area contributed by atoms with E-state index in [1.165, 1.54) is 18.2 Å². The number of halogens is 1. The van der Waals surface area contributed by atoms with Crippen LogP contribution in [0.15, 0.2) is 30.3 Å². The van der Waals surface area contributed by atoms with Gasteiger partial charge in [0.25, 0.3) is 11.3 Å². The van der Waals surface area contributed by atoms with Gasteiger partial charge in [-0.1, -0.05) is 6.07 Å². The summed E-state index contributed by atoms with van der Waals surface area (Å²) in [6, 6.07) is 7.35. The van der Waals surface area contributed by atoms with Crippen LogP contribution in [-0.2, 0) is 17.7 Å². The average Bonchev–Trinajstić information content (AvgIpc) is 3.36. The lowest BCUT2D eigenvalue weighted by Gasteiger charge is -2.28. The van der Waals surface area contributed by atoms with Gasteiger partial charge in [-0.2, -0.15) is 0 Å². The van der Waals surface area contributed by atoms with E-state index in [0.29, 0.717) is 30.2 Å². The van der Waals surface area contributed by atoms with E-state index in [-0.39, 0.29) is 28.8 Å². The summed E-state index contributed by atoms with van der Waals surface area (Å²) in [5.74, 6) is -0.451. The molecule has 3 N–H and O–H groups in total. The SMILES string of the molecule is O=C(O)c1c(N(c2ccc(F)cc2C[C@H]2CCNC2)S(=O)O)ccc2c1OC[C@@H]1C[C@H]21. The van der Waals surface area contributed by atoms with Crippen LogP contribution in [0.2, 0.25) is 0 Å². The number of carboxylic acids is 1. The Labute approximate surface area is 181 Å². The predicted molar refractivity (Wildman–Crippen MR) is 114 cm³/mol. The fourth-order valence-corrected chi connectivity index (χ4v) is 5.50. The van der Waals surface area contributed by atoms with Gasteiger partial charge in [0.05, 0.1) is 18.0 Å². The number of anilines is 2. The number of ether oxygens (including phenoxy) is 1. The first kappa shape index (κ1) is 20.4. The Morgan fingerprint density at radius 1 is 1.29 bits per heavy atom. The third-order valence-corrected chi connectivity index (χ3v) is 7.16. The molecule has 4 atom stereocenters. The second-order valence-corrected chi connectivity index (χ2v) is 9.28. The maximum absolute atomic E-state index is 14.1. The Bertz CT molecular complexity index is 1070. The van der Waals surface area contributed by atoms with E-state index in [0.717, 1.165) is 35.8 Å². The molecule has 2 aromatic carbocycles. The molecule has 0 amide bonds. The van der Waals surface area contributed by atoms with Crippen LogP contribution in [0, 0.1) is 17.7 Å². The van der Waals surface area contributed by atoms with Crippen molar-refractivity contribution >= 4 is 28.6 Å². The molecule has 2 heterocycles. The van der Waals surface area contributed by atoms with Gasteiger partial charge in [0, 0.05) is 5.92 Å². The smallest absolute Gasteiger partial charge is 0.341 e. The summed E-state index contributed by atoms with van der Waals surface area (Å²) >= 11 is -2.57. The third-order valence-electron chi connectivity index (χ3n) is 6.45. The molecule has 0 radical (unpaired) electrons. The second-order valence-electron chi connectivity index (χ2n) is 8.46. The number of benzene rings is 2. The van der Waals surface area contributed by atoms with Crippen molar-refractivity contribution in [3.05, 3.63) is 52.8 Å². The molecule has 2 aromatic rings. The molecule has 0 aromatic heterocycles. The Morgan fingerprint density at radius 2 is 2.10 bits per heavy atom. The number of aromatic carboxylic acids is 1. The zero-order valence-corrected chi connectivity index (χ0v) is 17.5. The molecular formula is C22H23FN2O5S. The predicted octanol–water partition coefficient (Wildman–Crippen LogP) is 3.45. The molecule has 0 spiro atoms. The number of carbonyl (C=O) groups is 1. The first-order chi connectivity index (χ1) is 14.9. The van der Waals surface area contributed by atoms with Crippen LogP contribution in [0.1, 0.15) is 40.2 Å². The summed E-state index contributed by atoms with van der Waals surface area (Å²) in [7, 11) is 0. The highest BCUT2D eigenvalue weighted by Crippen LogP contribution is 2.56. The summed E-state index contributed by atoms with van der Waals surface area (Å²) in [4.78, 5) is 12.2. The molecule has 1 saturated carbocycles. The van der Waals surface area contributed by atoms with Gasteiger partial charge in [0.1, 0.15) is 17.1 Å². The lowest BCUT2D eigenvalue weighted by atomic mass is 9.96. The zero-order valence-electron chi connectivity index (χ0n) is 16.7. The Balaban J connectivity index is 1.63. The fraction of sp³-hybridized carbons (Fsp3) is 0.409. The lowest BCUT2D eigenvalue weighted by Crippen LogP contribution is -2.25. The Hall–Kier alpha value is -2.49. The van der Waals surface area contributed by atoms with Crippen LogP contribution in [-0.4, -0.2) is 39.5 Å². The largest absolute Gasteiger partial charge is 0.492 e. The van der Waals surface area contributed by atoms with Crippen LogP contribution < -0.4 is 14.4 Å². The summed E-state index contributed by atoms with van der Waals surface area (Å²) < 4.78 is 43.6. The van der Waals surface area contributed by atoms with Gasteiger partial charge in [0.2, 0.25) is 0 Å². The number of rotatable bonds is 6. The van der Waals surface area contributed by atoms with Gasteiger partial charge in [-0.25, -0.2) is 17.7 Å². The normalized spacial score (nSPS) is 24.6. The Morgan fingerprint density at radius 3 is 2.81 bits per heavy atom. The summed E-state index contributed by atoms with van der Waals surface area (Å²) in [6.45, 7) is 2.10. The van der Waals surface area contributed by atoms with E-state index in [1.807, 2.05) is 0 Å². The highest BCUT2D eigenvalue weighted by Gasteiger charge is 2.46. The van der Waals surface area contributed by atoms with Crippen molar-refractivity contribution in [3.8, 4) is 5.75 Å². The highest BCUT2D eigenvalue weighted by atomic mass is 32.2. The van der Waals surface area contributed by atoms with Gasteiger partial charge >= 0.3 is 5.97 Å². The van der Waals surface area contributed by atoms with Gasteiger partial charge in [-0.05, 0) is 79.6 Å². The molecule has 1 aliphatic carbocycles. The van der Waals surface area contributed by atoms with Crippen molar-refractivity contribution in [2.45, 2.75) is 25.2 Å². The molecule has 5 rings (SSSR count). The molecule has 9 heteroatoms. The number of fused-ring (bicyclic) bond motifs is 3. The topological polar surface area (TPSA) is 99.1 Å². The number of carboxylic acid groups (broad SMARTS) is 1. The molecule has 2 aliphatic heterocycles. The van der Waals surface area contributed by atoms with E-state index < -0.39 is 23.1 Å². The first-order valence-corrected chi connectivity index (χ1v) is 11.4. The van der Waals surface area contributed by atoms with Crippen molar-refractivity contribution in [3.63, 3.8) is 0 Å². The van der Waals surface area contributed by atoms with Crippen LogP contribution >= 0.6 is 0 Å². The molecule has 164 valence electrons. The van der Waals surface area contributed by atoms with Crippen LogP contribution in [0.25, 0.3) is 0 Å². The van der Waals surface area contributed by atoms with E-state index >= 15 is 0 Å². The van der Waals surface area contributed by atoms with Gasteiger partial charge in [-0.15, -0.1) is 0 Å². The standard InChI is InChI=1S/C22H23FN2O5S/c23-15-1-3-18(13(8-15)7-12-5-6-24-10-12)25(31(28)29)19-4-2-16-17-9-14(17)11-30-21(16)20(19)22(26)27/h1-4,8,12,14,17,24H,5-7,9-11H2,(H,26,27)(H,28,29)/t12-,14+,17+/m1/s1. The van der Waals surface area contributed by atoms with Crippen molar-refractivity contribution in [1.29, 1.82) is 0 Å². The molecule has 0 bridgehead atoms. The van der Waals surface area contributed by atoms with Crippen molar-refractivity contribution in [1.82, 2.24) is 5.32 Å². The van der Waals surface area contributed by atoms with Crippen molar-refractivity contribution in [2.24, 2.45) is 11.8 Å². The molecule has 1 unspecified atom stereocenters. The molecule has 31 heavy (non-hydrogen) atoms. The van der Waals surface area contributed by atoms with Crippen LogP contribution in [0.3, 0.4) is 0 Å². The fourth-order valence-electron chi connectivity index (χ4n) is 4.83. The summed E-state index contributed by atoms with van der Waals surface area (Å²) in [5.41, 5.74) is 1.63. The number of nitrogens with one attached hydrogen (secondary N) is 1. The lowest BCUT2D eigenvalue weighted by molar-refractivity contribution is 0.0692. The highest BCUT2D eigenvalue weighted by molar-refractivity contribution is 7.81. The van der Waals surface area contributed by atoms with Crippen molar-refractivity contribution < 1.29 is 27.8 Å². The van der Waals surface area contributed by atoms with Gasteiger partial charge in [-0.3, -0.25) is 4.55 Å². The first-order valence-electron chi connectivity index (χ1n) is 10.4. The van der Waals surface area contributed by atoms with E-state index in [9.17, 15) is 23.1 Å². The third kappa shape index (κ3) is 3.71.